The minimum atomic E-state index is -0.696. The molecule has 0 spiro atoms. The molecule has 2 rings (SSSR count). The van der Waals surface area contributed by atoms with Gasteiger partial charge in [0.25, 0.3) is 5.91 Å². The summed E-state index contributed by atoms with van der Waals surface area (Å²) >= 11 is 0. The van der Waals surface area contributed by atoms with E-state index in [2.05, 4.69) is 15.3 Å². The summed E-state index contributed by atoms with van der Waals surface area (Å²) in [5, 5.41) is 26.0. The maximum atomic E-state index is 12.0. The van der Waals surface area contributed by atoms with Gasteiger partial charge in [-0.1, -0.05) is 0 Å². The first-order valence-electron chi connectivity index (χ1n) is 6.45. The van der Waals surface area contributed by atoms with E-state index in [1.54, 1.807) is 0 Å². The van der Waals surface area contributed by atoms with E-state index in [0.717, 1.165) is 25.9 Å². The van der Waals surface area contributed by atoms with Gasteiger partial charge in [-0.05, 0) is 30.9 Å². The Hall–Kier alpha value is -2.00. The Morgan fingerprint density at radius 2 is 2.20 bits per heavy atom. The number of nitrogens with zero attached hydrogens (tertiary/aromatic N) is 4. The lowest BCUT2D eigenvalue weighted by Gasteiger charge is -2.14. The van der Waals surface area contributed by atoms with Crippen LogP contribution in [0.1, 0.15) is 23.2 Å². The molecule has 0 unspecified atom stereocenters. The zero-order chi connectivity index (χ0) is 14.5. The van der Waals surface area contributed by atoms with E-state index >= 15 is 0 Å². The van der Waals surface area contributed by atoms with Crippen LogP contribution in [0.2, 0.25) is 0 Å². The molecule has 1 aliphatic heterocycles. The summed E-state index contributed by atoms with van der Waals surface area (Å²) in [6.45, 7) is 2.13. The van der Waals surface area contributed by atoms with Gasteiger partial charge in [0.15, 0.2) is 5.56 Å². The van der Waals surface area contributed by atoms with Gasteiger partial charge in [0, 0.05) is 0 Å². The van der Waals surface area contributed by atoms with Gasteiger partial charge in [-0.25, -0.2) is 0 Å². The minimum Gasteiger partial charge on any atom is -0.394 e. The summed E-state index contributed by atoms with van der Waals surface area (Å²) in [5.74, 6) is -1.01. The standard InChI is InChI=1S/C11H17N5O4/c17-6-5-15-7-9(10(13-15)16(19)20)11(18)12-8-14-3-1-2-4-14/h7,17H,1-6,8H2,(H,12,18). The molecule has 1 aromatic heterocycles. The fraction of sp³-hybridized carbons (Fsp3) is 0.636. The Labute approximate surface area is 115 Å². The van der Waals surface area contributed by atoms with E-state index in [9.17, 15) is 14.9 Å². The average Bonchev–Trinajstić information content (AvgIpc) is 3.05. The summed E-state index contributed by atoms with van der Waals surface area (Å²) in [4.78, 5) is 24.2. The maximum absolute atomic E-state index is 12.0. The van der Waals surface area contributed by atoms with Crippen LogP contribution < -0.4 is 5.32 Å². The van der Waals surface area contributed by atoms with Crippen LogP contribution >= 0.6 is 0 Å². The van der Waals surface area contributed by atoms with E-state index in [0.29, 0.717) is 6.67 Å². The van der Waals surface area contributed by atoms with E-state index in [-0.39, 0.29) is 18.7 Å². The molecule has 0 saturated carbocycles. The molecule has 1 amide bonds. The van der Waals surface area contributed by atoms with Gasteiger partial charge in [-0.15, -0.1) is 0 Å². The fourth-order valence-electron chi connectivity index (χ4n) is 2.14. The Balaban J connectivity index is 2.04. The number of nitrogens with one attached hydrogen (secondary N) is 1. The van der Waals surface area contributed by atoms with Gasteiger partial charge in [-0.2, -0.15) is 4.68 Å². The molecule has 2 heterocycles. The summed E-state index contributed by atoms with van der Waals surface area (Å²) in [6.07, 6.45) is 3.49. The Bertz CT molecular complexity index is 495. The molecule has 1 fully saturated rings. The molecule has 2 N–H and O–H groups in total. The molecule has 20 heavy (non-hydrogen) atoms. The number of likely N-dealkylation sites (tertiary alicyclic amines) is 1. The third kappa shape index (κ3) is 3.31. The van der Waals surface area contributed by atoms with Crippen molar-refractivity contribution < 1.29 is 14.8 Å². The van der Waals surface area contributed by atoms with Crippen LogP contribution in [-0.2, 0) is 6.54 Å². The zero-order valence-corrected chi connectivity index (χ0v) is 11.0. The van der Waals surface area contributed by atoms with E-state index in [4.69, 9.17) is 5.11 Å². The Morgan fingerprint density at radius 1 is 1.50 bits per heavy atom. The lowest BCUT2D eigenvalue weighted by atomic mass is 10.3. The topological polar surface area (TPSA) is 114 Å². The Morgan fingerprint density at radius 3 is 2.80 bits per heavy atom. The van der Waals surface area contributed by atoms with Gasteiger partial charge < -0.3 is 20.5 Å². The van der Waals surface area contributed by atoms with Crippen molar-refractivity contribution in [3.63, 3.8) is 0 Å². The number of hydrogen-bond acceptors (Lipinski definition) is 6. The molecular weight excluding hydrogens is 266 g/mol. The molecule has 0 aliphatic carbocycles. The maximum Gasteiger partial charge on any atom is 0.402 e. The normalized spacial score (nSPS) is 15.4. The van der Waals surface area contributed by atoms with Crippen LogP contribution in [0.15, 0.2) is 6.20 Å². The van der Waals surface area contributed by atoms with Gasteiger partial charge in [0.1, 0.15) is 0 Å². The molecule has 110 valence electrons. The molecule has 1 aliphatic rings. The molecule has 0 bridgehead atoms. The lowest BCUT2D eigenvalue weighted by molar-refractivity contribution is -0.390. The van der Waals surface area contributed by atoms with Crippen molar-refractivity contribution in [1.82, 2.24) is 20.0 Å². The molecule has 0 atom stereocenters. The molecule has 9 nitrogen and oxygen atoms in total. The number of aliphatic hydroxyl groups excluding tert-OH is 1. The second-order valence-corrected chi connectivity index (χ2v) is 4.60. The summed E-state index contributed by atoms with van der Waals surface area (Å²) < 4.78 is 1.20. The SMILES string of the molecule is O=C(NCN1CCCC1)c1cn(CCO)nc1[N+](=O)[O-]. The van der Waals surface area contributed by atoms with Gasteiger partial charge in [0.05, 0.1) is 31.1 Å². The number of aliphatic hydroxyl groups is 1. The molecule has 1 aromatic rings. The highest BCUT2D eigenvalue weighted by Gasteiger charge is 2.26. The molecule has 9 heteroatoms. The van der Waals surface area contributed by atoms with Crippen molar-refractivity contribution in [2.24, 2.45) is 0 Å². The summed E-state index contributed by atoms with van der Waals surface area (Å²) in [5.41, 5.74) is -0.0809. The monoisotopic (exact) mass is 283 g/mol. The van der Waals surface area contributed by atoms with Gasteiger partial charge in [-0.3, -0.25) is 9.69 Å². The van der Waals surface area contributed by atoms with E-state index < -0.39 is 16.6 Å². The largest absolute Gasteiger partial charge is 0.402 e. The second-order valence-electron chi connectivity index (χ2n) is 4.60. The highest BCUT2D eigenvalue weighted by Crippen LogP contribution is 2.15. The van der Waals surface area contributed by atoms with Crippen LogP contribution in [0, 0.1) is 10.1 Å². The lowest BCUT2D eigenvalue weighted by Crippen LogP contribution is -2.36. The molecule has 1 saturated heterocycles. The zero-order valence-electron chi connectivity index (χ0n) is 11.0. The number of carbonyl (C=O) groups is 1. The summed E-state index contributed by atoms with van der Waals surface area (Å²) in [6, 6.07) is 0. The highest BCUT2D eigenvalue weighted by atomic mass is 16.6. The van der Waals surface area contributed by atoms with Crippen molar-refractivity contribution in [2.45, 2.75) is 19.4 Å². The fourth-order valence-corrected chi connectivity index (χ4v) is 2.14. The van der Waals surface area contributed by atoms with E-state index in [1.165, 1.54) is 10.9 Å². The van der Waals surface area contributed by atoms with Crippen molar-refractivity contribution in [2.75, 3.05) is 26.4 Å². The molecule has 0 aromatic carbocycles. The minimum absolute atomic E-state index is 0.0809. The van der Waals surface area contributed by atoms with Crippen molar-refractivity contribution >= 4 is 11.7 Å². The van der Waals surface area contributed by atoms with Crippen LogP contribution in [-0.4, -0.2) is 57.0 Å². The number of nitro groups is 1. The predicted molar refractivity (Wildman–Crippen MR) is 69.1 cm³/mol. The predicted octanol–water partition coefficient (Wildman–Crippen LogP) is -0.433. The van der Waals surface area contributed by atoms with Crippen LogP contribution in [0.3, 0.4) is 0 Å². The number of amides is 1. The number of rotatable bonds is 6. The molecule has 0 radical (unpaired) electrons. The Kier molecular flexibility index (Phi) is 4.64. The quantitative estimate of drug-likeness (QED) is 0.541. The van der Waals surface area contributed by atoms with Crippen LogP contribution in [0.5, 0.6) is 0 Å². The van der Waals surface area contributed by atoms with Gasteiger partial charge in [0.2, 0.25) is 0 Å². The first-order chi connectivity index (χ1) is 9.61. The smallest absolute Gasteiger partial charge is 0.394 e. The third-order valence-electron chi connectivity index (χ3n) is 3.15. The first kappa shape index (κ1) is 14.4. The molecular formula is C11H17N5O4. The number of carbonyl (C=O) groups excluding carboxylic acids is 1. The first-order valence-corrected chi connectivity index (χ1v) is 6.45. The van der Waals surface area contributed by atoms with Gasteiger partial charge >= 0.3 is 5.82 Å². The van der Waals surface area contributed by atoms with Crippen molar-refractivity contribution in [1.29, 1.82) is 0 Å². The number of aromatic nitrogens is 2. The third-order valence-corrected chi connectivity index (χ3v) is 3.15. The van der Waals surface area contributed by atoms with Crippen LogP contribution in [0.4, 0.5) is 5.82 Å². The van der Waals surface area contributed by atoms with Crippen molar-refractivity contribution in [3.05, 3.63) is 21.9 Å². The highest BCUT2D eigenvalue weighted by molar-refractivity contribution is 5.97. The van der Waals surface area contributed by atoms with E-state index in [1.807, 2.05) is 0 Å². The average molecular weight is 283 g/mol. The second kappa shape index (κ2) is 6.44. The number of hydrogen-bond donors (Lipinski definition) is 2. The van der Waals surface area contributed by atoms with Crippen molar-refractivity contribution in [3.8, 4) is 0 Å². The van der Waals surface area contributed by atoms with Crippen LogP contribution in [0.25, 0.3) is 0 Å². The summed E-state index contributed by atoms with van der Waals surface area (Å²) in [7, 11) is 0.